The molecule has 4 N–H and O–H groups in total. The lowest BCUT2D eigenvalue weighted by Crippen LogP contribution is -2.49. The number of carbonyl (C=O) groups is 4. The van der Waals surface area contributed by atoms with Crippen molar-refractivity contribution in [2.75, 3.05) is 19.7 Å². The van der Waals surface area contributed by atoms with Crippen molar-refractivity contribution >= 4 is 23.9 Å². The van der Waals surface area contributed by atoms with Gasteiger partial charge in [0.25, 0.3) is 6.43 Å². The zero-order valence-electron chi connectivity index (χ0n) is 18.6. The van der Waals surface area contributed by atoms with E-state index >= 15 is 0 Å². The van der Waals surface area contributed by atoms with Crippen LogP contribution in [-0.4, -0.2) is 61.1 Å². The summed E-state index contributed by atoms with van der Waals surface area (Å²) < 4.78 is 29.7. The van der Waals surface area contributed by atoms with Crippen molar-refractivity contribution in [3.63, 3.8) is 0 Å². The van der Waals surface area contributed by atoms with Gasteiger partial charge in [0.05, 0.1) is 13.1 Å². The minimum Gasteiger partial charge on any atom is -0.481 e. The van der Waals surface area contributed by atoms with Gasteiger partial charge in [-0.15, -0.1) is 0 Å². The lowest BCUT2D eigenvalue weighted by molar-refractivity contribution is -0.137. The molecule has 1 aliphatic rings. The quantitative estimate of drug-likeness (QED) is 0.383. The lowest BCUT2D eigenvalue weighted by atomic mass is 9.98. The Hall–Kier alpha value is -4.02. The number of nitrogens with one attached hydrogen (secondary N) is 3. The second kappa shape index (κ2) is 11.9. The Labute approximate surface area is 199 Å². The van der Waals surface area contributed by atoms with Crippen LogP contribution < -0.4 is 16.0 Å². The normalized spacial score (nSPS) is 12.9. The predicted octanol–water partition coefficient (Wildman–Crippen LogP) is 2.26. The summed E-state index contributed by atoms with van der Waals surface area (Å²) in [5.74, 6) is -3.09. The molecule has 0 fully saturated rings. The molecule has 1 aliphatic carbocycles. The molecule has 11 heteroatoms. The number of halogens is 2. The molecule has 186 valence electrons. The first-order chi connectivity index (χ1) is 16.8. The third-order valence-electron chi connectivity index (χ3n) is 5.48. The van der Waals surface area contributed by atoms with Gasteiger partial charge in [-0.3, -0.25) is 14.4 Å². The maximum Gasteiger partial charge on any atom is 0.407 e. The highest BCUT2D eigenvalue weighted by Gasteiger charge is 2.30. The number of carboxylic acids is 1. The van der Waals surface area contributed by atoms with Crippen molar-refractivity contribution < 1.29 is 37.8 Å². The number of ether oxygens (including phenoxy) is 1. The van der Waals surface area contributed by atoms with Crippen molar-refractivity contribution in [2.24, 2.45) is 0 Å². The SMILES string of the molecule is O=C(O)CCC(NC(=O)OCC1c2ccccc2-c2ccccc21)C(=O)NCC(=O)NCC(F)F. The smallest absolute Gasteiger partial charge is 0.407 e. The van der Waals surface area contributed by atoms with Crippen LogP contribution >= 0.6 is 0 Å². The highest BCUT2D eigenvalue weighted by molar-refractivity contribution is 5.89. The monoisotopic (exact) mass is 489 g/mol. The Kier molecular flexibility index (Phi) is 8.71. The molecule has 3 amide bonds. The Bertz CT molecular complexity index is 1050. The summed E-state index contributed by atoms with van der Waals surface area (Å²) in [6.45, 7) is -1.49. The minimum absolute atomic E-state index is 0.0108. The van der Waals surface area contributed by atoms with E-state index in [4.69, 9.17) is 9.84 Å². The Morgan fingerprint density at radius 1 is 0.943 bits per heavy atom. The molecule has 0 aromatic heterocycles. The summed E-state index contributed by atoms with van der Waals surface area (Å²) >= 11 is 0. The van der Waals surface area contributed by atoms with Crippen molar-refractivity contribution in [1.29, 1.82) is 0 Å². The zero-order valence-corrected chi connectivity index (χ0v) is 18.6. The molecule has 0 bridgehead atoms. The molecule has 0 heterocycles. The predicted molar refractivity (Wildman–Crippen MR) is 121 cm³/mol. The Balaban J connectivity index is 1.59. The molecule has 0 saturated heterocycles. The fourth-order valence-corrected chi connectivity index (χ4v) is 3.86. The fourth-order valence-electron chi connectivity index (χ4n) is 3.86. The van der Waals surface area contributed by atoms with E-state index in [-0.39, 0.29) is 18.9 Å². The van der Waals surface area contributed by atoms with E-state index < -0.39 is 55.9 Å². The molecule has 0 radical (unpaired) electrons. The van der Waals surface area contributed by atoms with Crippen LogP contribution in [0.1, 0.15) is 29.9 Å². The van der Waals surface area contributed by atoms with Crippen LogP contribution in [-0.2, 0) is 19.1 Å². The molecule has 2 aromatic rings. The first-order valence-electron chi connectivity index (χ1n) is 10.9. The van der Waals surface area contributed by atoms with Gasteiger partial charge >= 0.3 is 12.1 Å². The van der Waals surface area contributed by atoms with Gasteiger partial charge in [0.1, 0.15) is 12.6 Å². The standard InChI is InChI=1S/C24H25F2N3O6/c25-20(26)11-27-21(30)12-28-23(33)19(9-10-22(31)32)29-24(34)35-13-18-16-7-3-1-5-14(16)15-6-2-4-8-17(15)18/h1-8,18-20H,9-13H2,(H,27,30)(H,28,33)(H,29,34)(H,31,32). The van der Waals surface area contributed by atoms with E-state index in [9.17, 15) is 28.0 Å². The third kappa shape index (κ3) is 6.98. The first-order valence-corrected chi connectivity index (χ1v) is 10.9. The topological polar surface area (TPSA) is 134 Å². The number of hydrogen-bond acceptors (Lipinski definition) is 5. The van der Waals surface area contributed by atoms with Gasteiger partial charge in [0.2, 0.25) is 11.8 Å². The summed E-state index contributed by atoms with van der Waals surface area (Å²) in [6, 6.07) is 14.2. The van der Waals surface area contributed by atoms with Gasteiger partial charge in [-0.1, -0.05) is 48.5 Å². The number of carbonyl (C=O) groups excluding carboxylic acids is 3. The number of amides is 3. The second-order valence-electron chi connectivity index (χ2n) is 7.87. The summed E-state index contributed by atoms with van der Waals surface area (Å²) in [4.78, 5) is 47.4. The maximum absolute atomic E-state index is 12.5. The van der Waals surface area contributed by atoms with Crippen LogP contribution in [0.2, 0.25) is 0 Å². The van der Waals surface area contributed by atoms with Crippen molar-refractivity contribution in [3.8, 4) is 11.1 Å². The van der Waals surface area contributed by atoms with Crippen molar-refractivity contribution in [3.05, 3.63) is 59.7 Å². The van der Waals surface area contributed by atoms with Crippen LogP contribution in [0.4, 0.5) is 13.6 Å². The summed E-state index contributed by atoms with van der Waals surface area (Å²) in [5.41, 5.74) is 4.08. The molecule has 1 atom stereocenters. The lowest BCUT2D eigenvalue weighted by Gasteiger charge is -2.19. The number of alkyl halides is 2. The molecular weight excluding hydrogens is 464 g/mol. The average Bonchev–Trinajstić information content (AvgIpc) is 3.16. The highest BCUT2D eigenvalue weighted by Crippen LogP contribution is 2.44. The average molecular weight is 489 g/mol. The van der Waals surface area contributed by atoms with Gasteiger partial charge in [-0.05, 0) is 28.7 Å². The van der Waals surface area contributed by atoms with Gasteiger partial charge in [0, 0.05) is 12.3 Å². The molecule has 9 nitrogen and oxygen atoms in total. The molecule has 0 saturated carbocycles. The molecular formula is C24H25F2N3O6. The number of fused-ring (bicyclic) bond motifs is 3. The second-order valence-corrected chi connectivity index (χ2v) is 7.87. The Morgan fingerprint density at radius 2 is 1.54 bits per heavy atom. The number of rotatable bonds is 11. The maximum atomic E-state index is 12.5. The molecule has 0 spiro atoms. The summed E-state index contributed by atoms with van der Waals surface area (Å²) in [7, 11) is 0. The van der Waals surface area contributed by atoms with Gasteiger partial charge in [-0.25, -0.2) is 13.6 Å². The van der Waals surface area contributed by atoms with Gasteiger partial charge in [-0.2, -0.15) is 0 Å². The van der Waals surface area contributed by atoms with Crippen LogP contribution in [0.15, 0.2) is 48.5 Å². The molecule has 2 aromatic carbocycles. The van der Waals surface area contributed by atoms with Crippen LogP contribution in [0.3, 0.4) is 0 Å². The number of benzene rings is 2. The fraction of sp³-hybridized carbons (Fsp3) is 0.333. The van der Waals surface area contributed by atoms with E-state index in [1.54, 1.807) is 0 Å². The minimum atomic E-state index is -2.74. The molecule has 3 rings (SSSR count). The van der Waals surface area contributed by atoms with Crippen LogP contribution in [0.5, 0.6) is 0 Å². The van der Waals surface area contributed by atoms with E-state index in [1.807, 2.05) is 53.8 Å². The highest BCUT2D eigenvalue weighted by atomic mass is 19.3. The van der Waals surface area contributed by atoms with E-state index in [2.05, 4.69) is 10.6 Å². The van der Waals surface area contributed by atoms with E-state index in [0.29, 0.717) is 0 Å². The number of alkyl carbamates (subject to hydrolysis) is 1. The van der Waals surface area contributed by atoms with Gasteiger partial charge in [0.15, 0.2) is 0 Å². The third-order valence-corrected chi connectivity index (χ3v) is 5.48. The van der Waals surface area contributed by atoms with Crippen molar-refractivity contribution in [1.82, 2.24) is 16.0 Å². The molecule has 0 aliphatic heterocycles. The van der Waals surface area contributed by atoms with Crippen molar-refractivity contribution in [2.45, 2.75) is 31.2 Å². The number of aliphatic carboxylic acids is 1. The largest absolute Gasteiger partial charge is 0.481 e. The van der Waals surface area contributed by atoms with E-state index in [1.165, 1.54) is 0 Å². The van der Waals surface area contributed by atoms with Crippen LogP contribution in [0, 0.1) is 0 Å². The van der Waals surface area contributed by atoms with Gasteiger partial charge < -0.3 is 25.8 Å². The zero-order chi connectivity index (χ0) is 25.4. The summed E-state index contributed by atoms with van der Waals surface area (Å²) in [5, 5.41) is 15.4. The Morgan fingerprint density at radius 3 is 2.11 bits per heavy atom. The number of hydrogen-bond donors (Lipinski definition) is 4. The molecule has 35 heavy (non-hydrogen) atoms. The first kappa shape index (κ1) is 25.6. The van der Waals surface area contributed by atoms with E-state index in [0.717, 1.165) is 22.3 Å². The number of carboxylic acid groups (broad SMARTS) is 1. The summed E-state index contributed by atoms with van der Waals surface area (Å²) in [6.07, 6.45) is -4.36. The van der Waals surface area contributed by atoms with Crippen LogP contribution in [0.25, 0.3) is 11.1 Å². The molecule has 1 unspecified atom stereocenters.